The zero-order valence-electron chi connectivity index (χ0n) is 23.9. The highest BCUT2D eigenvalue weighted by Crippen LogP contribution is 2.37. The van der Waals surface area contributed by atoms with Gasteiger partial charge in [-0.15, -0.1) is 11.8 Å². The number of alkyl halides is 3. The van der Waals surface area contributed by atoms with Crippen LogP contribution in [0, 0.1) is 0 Å². The van der Waals surface area contributed by atoms with Crippen LogP contribution in [0.4, 0.5) is 24.5 Å². The number of halogens is 4. The number of thioether (sulfide) groups is 1. The van der Waals surface area contributed by atoms with Crippen molar-refractivity contribution in [2.45, 2.75) is 23.2 Å². The molecule has 0 aliphatic carbocycles. The van der Waals surface area contributed by atoms with Gasteiger partial charge < -0.3 is 20.7 Å². The second-order valence-electron chi connectivity index (χ2n) is 9.54. The minimum Gasteiger partial charge on any atom is -0.496 e. The number of benzene rings is 4. The van der Waals surface area contributed by atoms with Crippen molar-refractivity contribution in [3.05, 3.63) is 124 Å². The standard InChI is InChI=1S/C33H27ClF3N3O4S/c1-20(30(41)39-27-16-15-23(34)18-26(27)33(35,36)37)45-25-13-8-12-24(19-25)38-32(43)28(17-22-11-6-7-14-29(22)44-2)40-31(42)21-9-4-3-5-10-21/h3-20H,1-2H3,(H,38,43)(H,39,41)(H,40,42)/b28-17+. The zero-order chi connectivity index (χ0) is 32.6. The summed E-state index contributed by atoms with van der Waals surface area (Å²) in [5.74, 6) is -1.29. The van der Waals surface area contributed by atoms with Crippen molar-refractivity contribution in [2.75, 3.05) is 17.7 Å². The van der Waals surface area contributed by atoms with Crippen molar-refractivity contribution >= 4 is 58.5 Å². The van der Waals surface area contributed by atoms with E-state index in [2.05, 4.69) is 16.0 Å². The SMILES string of the molecule is COc1ccccc1/C=C(/NC(=O)c1ccccc1)C(=O)Nc1cccc(SC(C)C(=O)Nc2ccc(Cl)cc2C(F)(F)F)c1. The Hall–Kier alpha value is -4.74. The highest BCUT2D eigenvalue weighted by molar-refractivity contribution is 8.00. The molecule has 7 nitrogen and oxygen atoms in total. The summed E-state index contributed by atoms with van der Waals surface area (Å²) in [6.45, 7) is 1.54. The van der Waals surface area contributed by atoms with Gasteiger partial charge in [0.2, 0.25) is 5.91 Å². The quantitative estimate of drug-likeness (QED) is 0.119. The molecule has 45 heavy (non-hydrogen) atoms. The lowest BCUT2D eigenvalue weighted by Gasteiger charge is -2.17. The zero-order valence-corrected chi connectivity index (χ0v) is 25.5. The lowest BCUT2D eigenvalue weighted by Crippen LogP contribution is -2.30. The normalized spacial score (nSPS) is 12.2. The van der Waals surface area contributed by atoms with Gasteiger partial charge in [0.25, 0.3) is 11.8 Å². The Labute approximate surface area is 266 Å². The highest BCUT2D eigenvalue weighted by atomic mass is 35.5. The van der Waals surface area contributed by atoms with E-state index in [9.17, 15) is 27.6 Å². The molecule has 12 heteroatoms. The third-order valence-corrected chi connectivity index (χ3v) is 7.62. The van der Waals surface area contributed by atoms with Gasteiger partial charge in [0.1, 0.15) is 11.4 Å². The summed E-state index contributed by atoms with van der Waals surface area (Å²) in [6.07, 6.45) is -3.22. The van der Waals surface area contributed by atoms with Crippen molar-refractivity contribution in [1.82, 2.24) is 5.32 Å². The molecule has 0 spiro atoms. The molecule has 0 aliphatic rings. The first-order valence-electron chi connectivity index (χ1n) is 13.4. The maximum Gasteiger partial charge on any atom is 0.418 e. The number of methoxy groups -OCH3 is 1. The molecule has 232 valence electrons. The molecule has 0 bridgehead atoms. The molecule has 0 aliphatic heterocycles. The first-order chi connectivity index (χ1) is 21.4. The van der Waals surface area contributed by atoms with Gasteiger partial charge in [-0.25, -0.2) is 0 Å². The Morgan fingerprint density at radius 2 is 1.60 bits per heavy atom. The molecule has 4 aromatic rings. The Morgan fingerprint density at radius 1 is 0.889 bits per heavy atom. The van der Waals surface area contributed by atoms with E-state index in [0.29, 0.717) is 27.5 Å². The van der Waals surface area contributed by atoms with Crippen LogP contribution in [0.5, 0.6) is 5.75 Å². The van der Waals surface area contributed by atoms with E-state index in [-0.39, 0.29) is 10.7 Å². The molecule has 4 aromatic carbocycles. The Bertz CT molecular complexity index is 1730. The van der Waals surface area contributed by atoms with Crippen LogP contribution in [0.1, 0.15) is 28.4 Å². The minimum absolute atomic E-state index is 0.0532. The number of hydrogen-bond acceptors (Lipinski definition) is 5. The number of para-hydroxylation sites is 1. The molecule has 0 aromatic heterocycles. The summed E-state index contributed by atoms with van der Waals surface area (Å²) in [6, 6.07) is 25.1. The minimum atomic E-state index is -4.71. The van der Waals surface area contributed by atoms with Gasteiger partial charge >= 0.3 is 6.18 Å². The molecular weight excluding hydrogens is 627 g/mol. The van der Waals surface area contributed by atoms with Crippen molar-refractivity contribution in [3.8, 4) is 5.75 Å². The lowest BCUT2D eigenvalue weighted by atomic mass is 10.1. The molecule has 3 N–H and O–H groups in total. The van der Waals surface area contributed by atoms with Crippen LogP contribution in [-0.4, -0.2) is 30.1 Å². The number of rotatable bonds is 10. The molecule has 0 fully saturated rings. The number of nitrogens with one attached hydrogen (secondary N) is 3. The molecule has 1 unspecified atom stereocenters. The van der Waals surface area contributed by atoms with Gasteiger partial charge in [0.05, 0.1) is 23.6 Å². The molecule has 0 saturated carbocycles. The van der Waals surface area contributed by atoms with E-state index < -0.39 is 40.4 Å². The van der Waals surface area contributed by atoms with Crippen molar-refractivity contribution < 1.29 is 32.3 Å². The second-order valence-corrected chi connectivity index (χ2v) is 11.4. The van der Waals surface area contributed by atoms with Crippen molar-refractivity contribution in [1.29, 1.82) is 0 Å². The van der Waals surface area contributed by atoms with Crippen molar-refractivity contribution in [3.63, 3.8) is 0 Å². The van der Waals surface area contributed by atoms with Gasteiger partial charge in [-0.05, 0) is 67.6 Å². The average molecular weight is 654 g/mol. The molecule has 1 atom stereocenters. The predicted molar refractivity (Wildman–Crippen MR) is 170 cm³/mol. The summed E-state index contributed by atoms with van der Waals surface area (Å²) >= 11 is 6.81. The van der Waals surface area contributed by atoms with Crippen LogP contribution in [0.25, 0.3) is 6.08 Å². The van der Waals surface area contributed by atoms with Gasteiger partial charge in [-0.3, -0.25) is 14.4 Å². The summed E-state index contributed by atoms with van der Waals surface area (Å²) in [5, 5.41) is 6.83. The summed E-state index contributed by atoms with van der Waals surface area (Å²) < 4.78 is 45.8. The number of carbonyl (C=O) groups excluding carboxylic acids is 3. The van der Waals surface area contributed by atoms with E-state index in [1.807, 2.05) is 0 Å². The molecule has 3 amide bonds. The molecule has 0 heterocycles. The molecule has 0 saturated heterocycles. The summed E-state index contributed by atoms with van der Waals surface area (Å²) in [5.41, 5.74) is -0.254. The highest BCUT2D eigenvalue weighted by Gasteiger charge is 2.34. The van der Waals surface area contributed by atoms with Crippen LogP contribution >= 0.6 is 23.4 Å². The van der Waals surface area contributed by atoms with Gasteiger partial charge in [0, 0.05) is 26.7 Å². The van der Waals surface area contributed by atoms with E-state index in [1.165, 1.54) is 19.3 Å². The van der Waals surface area contributed by atoms with Crippen LogP contribution in [0.2, 0.25) is 5.02 Å². The Morgan fingerprint density at radius 3 is 2.31 bits per heavy atom. The molecule has 0 radical (unpaired) electrons. The Balaban J connectivity index is 1.51. The van der Waals surface area contributed by atoms with E-state index in [1.54, 1.807) is 85.8 Å². The Kier molecular flexibility index (Phi) is 10.9. The third-order valence-electron chi connectivity index (χ3n) is 6.29. The summed E-state index contributed by atoms with van der Waals surface area (Å²) in [4.78, 5) is 39.8. The van der Waals surface area contributed by atoms with Crippen LogP contribution < -0.4 is 20.7 Å². The molecule has 4 rings (SSSR count). The van der Waals surface area contributed by atoms with Crippen LogP contribution in [-0.2, 0) is 15.8 Å². The number of ether oxygens (including phenoxy) is 1. The lowest BCUT2D eigenvalue weighted by molar-refractivity contribution is -0.137. The topological polar surface area (TPSA) is 96.5 Å². The number of carbonyl (C=O) groups is 3. The number of amides is 3. The maximum atomic E-state index is 13.5. The maximum absolute atomic E-state index is 13.5. The monoisotopic (exact) mass is 653 g/mol. The van der Waals surface area contributed by atoms with Gasteiger partial charge in [0.15, 0.2) is 0 Å². The summed E-state index contributed by atoms with van der Waals surface area (Å²) in [7, 11) is 1.49. The number of anilines is 2. The fourth-order valence-electron chi connectivity index (χ4n) is 4.08. The fourth-order valence-corrected chi connectivity index (χ4v) is 5.18. The first-order valence-corrected chi connectivity index (χ1v) is 14.7. The van der Waals surface area contributed by atoms with E-state index in [4.69, 9.17) is 16.3 Å². The first kappa shape index (κ1) is 33.2. The average Bonchev–Trinajstić information content (AvgIpc) is 3.01. The van der Waals surface area contributed by atoms with E-state index in [0.717, 1.165) is 23.9 Å². The third kappa shape index (κ3) is 9.13. The van der Waals surface area contributed by atoms with Crippen molar-refractivity contribution in [2.24, 2.45) is 0 Å². The fraction of sp³-hybridized carbons (Fsp3) is 0.121. The largest absolute Gasteiger partial charge is 0.496 e. The number of hydrogen-bond donors (Lipinski definition) is 3. The van der Waals surface area contributed by atoms with Gasteiger partial charge in [-0.1, -0.05) is 54.1 Å². The van der Waals surface area contributed by atoms with E-state index >= 15 is 0 Å². The molecular formula is C33H27ClF3N3O4S. The second kappa shape index (κ2) is 14.8. The van der Waals surface area contributed by atoms with Crippen LogP contribution in [0.15, 0.2) is 108 Å². The van der Waals surface area contributed by atoms with Crippen LogP contribution in [0.3, 0.4) is 0 Å². The van der Waals surface area contributed by atoms with Gasteiger partial charge in [-0.2, -0.15) is 13.2 Å². The smallest absolute Gasteiger partial charge is 0.418 e. The predicted octanol–water partition coefficient (Wildman–Crippen LogP) is 7.90.